The Bertz CT molecular complexity index is 1160. The molecule has 0 N–H and O–H groups in total. The van der Waals surface area contributed by atoms with Gasteiger partial charge in [-0.2, -0.15) is 0 Å². The number of carbonyl (C=O) groups excluding carboxylic acids is 1. The summed E-state index contributed by atoms with van der Waals surface area (Å²) in [7, 11) is 0. The smallest absolute Gasteiger partial charge is 0.402 e. The van der Waals surface area contributed by atoms with E-state index in [0.29, 0.717) is 5.76 Å². The van der Waals surface area contributed by atoms with Crippen molar-refractivity contribution in [3.8, 4) is 0 Å². The fourth-order valence-electron chi connectivity index (χ4n) is 2.68. The molecule has 0 amide bonds. The molecule has 1 aromatic heterocycles. The van der Waals surface area contributed by atoms with E-state index in [2.05, 4.69) is 4.99 Å². The standard InChI is InChI=1S/C22H14N2O5/c25-22-19(23-21(29-22)17-4-2-1-3-5-17)14-16-8-6-15(7-9-16)10-11-18-12-13-20(28-18)24(26)27/h1-14H/b11-10+,19-14-. The van der Waals surface area contributed by atoms with Crippen molar-refractivity contribution in [1.29, 1.82) is 0 Å². The molecule has 0 saturated heterocycles. The van der Waals surface area contributed by atoms with Crippen LogP contribution in [-0.4, -0.2) is 16.8 Å². The third-order valence-corrected chi connectivity index (χ3v) is 4.11. The molecule has 0 saturated carbocycles. The summed E-state index contributed by atoms with van der Waals surface area (Å²) in [6.45, 7) is 0. The largest absolute Gasteiger partial charge is 0.433 e. The number of furan rings is 1. The van der Waals surface area contributed by atoms with Gasteiger partial charge in [-0.05, 0) is 41.5 Å². The molecule has 29 heavy (non-hydrogen) atoms. The van der Waals surface area contributed by atoms with Gasteiger partial charge in [-0.15, -0.1) is 0 Å². The van der Waals surface area contributed by atoms with Gasteiger partial charge in [-0.3, -0.25) is 10.1 Å². The summed E-state index contributed by atoms with van der Waals surface area (Å²) in [5.41, 5.74) is 2.63. The van der Waals surface area contributed by atoms with Crippen LogP contribution in [0.1, 0.15) is 22.5 Å². The van der Waals surface area contributed by atoms with Crippen LogP contribution in [0.15, 0.2) is 81.8 Å². The van der Waals surface area contributed by atoms with Crippen LogP contribution in [0.25, 0.3) is 18.2 Å². The first-order chi connectivity index (χ1) is 14.1. The van der Waals surface area contributed by atoms with Gasteiger partial charge >= 0.3 is 11.9 Å². The van der Waals surface area contributed by atoms with E-state index >= 15 is 0 Å². The van der Waals surface area contributed by atoms with Crippen LogP contribution in [0.3, 0.4) is 0 Å². The SMILES string of the molecule is O=C1OC(c2ccccc2)=N/C1=C\c1ccc(/C=C/c2ccc([N+](=O)[O-])o2)cc1. The minimum absolute atomic E-state index is 0.232. The summed E-state index contributed by atoms with van der Waals surface area (Å²) < 4.78 is 10.3. The number of rotatable bonds is 5. The fraction of sp³-hybridized carbons (Fsp3) is 0. The zero-order valence-corrected chi connectivity index (χ0v) is 15.0. The highest BCUT2D eigenvalue weighted by molar-refractivity contribution is 6.12. The molecule has 2 aromatic carbocycles. The van der Waals surface area contributed by atoms with Crippen LogP contribution in [-0.2, 0) is 9.53 Å². The lowest BCUT2D eigenvalue weighted by molar-refractivity contribution is -0.402. The average molecular weight is 386 g/mol. The van der Waals surface area contributed by atoms with Crippen molar-refractivity contribution in [3.63, 3.8) is 0 Å². The maximum absolute atomic E-state index is 12.1. The van der Waals surface area contributed by atoms with Crippen molar-refractivity contribution >= 4 is 36.0 Å². The highest BCUT2D eigenvalue weighted by atomic mass is 16.6. The van der Waals surface area contributed by atoms with Crippen LogP contribution in [0, 0.1) is 10.1 Å². The molecule has 2 heterocycles. The van der Waals surface area contributed by atoms with Crippen LogP contribution in [0.2, 0.25) is 0 Å². The van der Waals surface area contributed by atoms with E-state index in [4.69, 9.17) is 9.15 Å². The Morgan fingerprint density at radius 2 is 1.62 bits per heavy atom. The van der Waals surface area contributed by atoms with Gasteiger partial charge in [0.05, 0.1) is 6.07 Å². The second-order valence-electron chi connectivity index (χ2n) is 6.14. The van der Waals surface area contributed by atoms with Gasteiger partial charge in [0, 0.05) is 5.56 Å². The molecule has 0 unspecified atom stereocenters. The molecule has 0 fully saturated rings. The number of ether oxygens (including phenoxy) is 1. The van der Waals surface area contributed by atoms with E-state index in [-0.39, 0.29) is 17.5 Å². The average Bonchev–Trinajstić information content (AvgIpc) is 3.35. The number of esters is 1. The van der Waals surface area contributed by atoms with Crippen LogP contribution >= 0.6 is 0 Å². The van der Waals surface area contributed by atoms with Crippen molar-refractivity contribution in [2.75, 3.05) is 0 Å². The number of nitrogens with zero attached hydrogens (tertiary/aromatic N) is 2. The highest BCUT2D eigenvalue weighted by Crippen LogP contribution is 2.21. The zero-order valence-electron chi connectivity index (χ0n) is 15.0. The minimum Gasteiger partial charge on any atom is -0.402 e. The van der Waals surface area contributed by atoms with Crippen LogP contribution in [0.4, 0.5) is 5.88 Å². The number of nitro groups is 1. The maximum Gasteiger partial charge on any atom is 0.433 e. The van der Waals surface area contributed by atoms with Gasteiger partial charge in [0.15, 0.2) is 5.70 Å². The van der Waals surface area contributed by atoms with Crippen LogP contribution in [0.5, 0.6) is 0 Å². The summed E-state index contributed by atoms with van der Waals surface area (Å²) in [5, 5.41) is 10.6. The lowest BCUT2D eigenvalue weighted by Crippen LogP contribution is -2.04. The summed E-state index contributed by atoms with van der Waals surface area (Å²) in [6.07, 6.45) is 5.07. The molecule has 0 radical (unpaired) electrons. The van der Waals surface area contributed by atoms with Gasteiger partial charge in [0.2, 0.25) is 5.90 Å². The highest BCUT2D eigenvalue weighted by Gasteiger charge is 2.23. The lowest BCUT2D eigenvalue weighted by Gasteiger charge is -1.97. The summed E-state index contributed by atoms with van der Waals surface area (Å²) >= 11 is 0. The molecule has 142 valence electrons. The van der Waals surface area contributed by atoms with E-state index in [1.165, 1.54) is 12.1 Å². The third kappa shape index (κ3) is 4.19. The van der Waals surface area contributed by atoms with Crippen molar-refractivity contribution in [2.24, 2.45) is 4.99 Å². The molecule has 7 nitrogen and oxygen atoms in total. The minimum atomic E-state index is -0.584. The Labute approximate surface area is 165 Å². The number of hydrogen-bond donors (Lipinski definition) is 0. The predicted octanol–water partition coefficient (Wildman–Crippen LogP) is 4.70. The first-order valence-electron chi connectivity index (χ1n) is 8.69. The van der Waals surface area contributed by atoms with Crippen molar-refractivity contribution < 1.29 is 18.9 Å². The van der Waals surface area contributed by atoms with Gasteiger partial charge in [0.1, 0.15) is 10.7 Å². The molecule has 1 aliphatic rings. The van der Waals surface area contributed by atoms with E-state index in [1.54, 1.807) is 18.2 Å². The van der Waals surface area contributed by atoms with Gasteiger partial charge in [-0.1, -0.05) is 48.5 Å². The quantitative estimate of drug-likeness (QED) is 0.274. The fourth-order valence-corrected chi connectivity index (χ4v) is 2.68. The Morgan fingerprint density at radius 3 is 2.31 bits per heavy atom. The summed E-state index contributed by atoms with van der Waals surface area (Å²) in [4.78, 5) is 26.4. The topological polar surface area (TPSA) is 94.9 Å². The predicted molar refractivity (Wildman–Crippen MR) is 108 cm³/mol. The van der Waals surface area contributed by atoms with Crippen molar-refractivity contribution in [3.05, 3.63) is 105 Å². The summed E-state index contributed by atoms with van der Waals surface area (Å²) in [5.74, 6) is -0.119. The molecule has 0 atom stereocenters. The monoisotopic (exact) mass is 386 g/mol. The van der Waals surface area contributed by atoms with Gasteiger partial charge in [-0.25, -0.2) is 9.79 Å². The number of carbonyl (C=O) groups is 1. The van der Waals surface area contributed by atoms with Crippen LogP contribution < -0.4 is 0 Å². The first kappa shape index (κ1) is 18.1. The zero-order chi connectivity index (χ0) is 20.2. The summed E-state index contributed by atoms with van der Waals surface area (Å²) in [6, 6.07) is 19.4. The number of aliphatic imine (C=N–C) groups is 1. The molecule has 3 aromatic rings. The Balaban J connectivity index is 1.49. The second kappa shape index (κ2) is 7.77. The number of hydrogen-bond acceptors (Lipinski definition) is 6. The molecule has 0 aliphatic carbocycles. The lowest BCUT2D eigenvalue weighted by atomic mass is 10.1. The van der Waals surface area contributed by atoms with E-state index in [0.717, 1.165) is 16.7 Å². The van der Waals surface area contributed by atoms with E-state index < -0.39 is 10.9 Å². The molecular formula is C22H14N2O5. The maximum atomic E-state index is 12.1. The van der Waals surface area contributed by atoms with Crippen molar-refractivity contribution in [1.82, 2.24) is 0 Å². The van der Waals surface area contributed by atoms with E-state index in [1.807, 2.05) is 54.6 Å². The van der Waals surface area contributed by atoms with Gasteiger partial charge < -0.3 is 9.15 Å². The number of cyclic esters (lactones) is 1. The second-order valence-corrected chi connectivity index (χ2v) is 6.14. The van der Waals surface area contributed by atoms with Gasteiger partial charge in [0.25, 0.3) is 0 Å². The Kier molecular flexibility index (Phi) is 4.86. The normalized spacial score (nSPS) is 15.0. The Morgan fingerprint density at radius 1 is 0.897 bits per heavy atom. The molecule has 4 rings (SSSR count). The van der Waals surface area contributed by atoms with Crippen molar-refractivity contribution in [2.45, 2.75) is 0 Å². The molecule has 0 spiro atoms. The molecule has 1 aliphatic heterocycles. The first-order valence-corrected chi connectivity index (χ1v) is 8.69. The molecule has 7 heteroatoms. The van der Waals surface area contributed by atoms with E-state index in [9.17, 15) is 14.9 Å². The molecule has 0 bridgehead atoms. The third-order valence-electron chi connectivity index (χ3n) is 4.11. The molecular weight excluding hydrogens is 372 g/mol. The Hall–Kier alpha value is -4.26. The number of benzene rings is 2.